The third-order valence-corrected chi connectivity index (χ3v) is 4.91. The van der Waals surface area contributed by atoms with Crippen LogP contribution >= 0.6 is 0 Å². The third kappa shape index (κ3) is 2.84. The largest absolute Gasteiger partial charge is 0.355 e. The Balaban J connectivity index is 1.78. The molecule has 1 fully saturated rings. The van der Waals surface area contributed by atoms with Crippen molar-refractivity contribution in [1.29, 1.82) is 0 Å². The van der Waals surface area contributed by atoms with Gasteiger partial charge in [0.15, 0.2) is 5.65 Å². The van der Waals surface area contributed by atoms with Crippen molar-refractivity contribution in [1.82, 2.24) is 24.5 Å². The van der Waals surface area contributed by atoms with Crippen LogP contribution in [0.2, 0.25) is 0 Å². The Hall–Kier alpha value is -3.23. The molecule has 3 aromatic rings. The summed E-state index contributed by atoms with van der Waals surface area (Å²) in [5.41, 5.74) is 1.00. The van der Waals surface area contributed by atoms with Crippen LogP contribution in [-0.2, 0) is 7.05 Å². The number of nitrogens with one attached hydrogen (secondary N) is 1. The van der Waals surface area contributed by atoms with Gasteiger partial charge in [-0.2, -0.15) is 5.10 Å². The Kier molecular flexibility index (Phi) is 4.14. The van der Waals surface area contributed by atoms with Crippen molar-refractivity contribution in [3.63, 3.8) is 0 Å². The van der Waals surface area contributed by atoms with Gasteiger partial charge in [0.05, 0.1) is 12.2 Å². The number of carbonyl (C=O) groups excluding carboxylic acids is 1. The molecule has 27 heavy (non-hydrogen) atoms. The van der Waals surface area contributed by atoms with Gasteiger partial charge in [-0.25, -0.2) is 13.9 Å². The van der Waals surface area contributed by atoms with E-state index in [4.69, 9.17) is 0 Å². The second-order valence-electron chi connectivity index (χ2n) is 6.57. The summed E-state index contributed by atoms with van der Waals surface area (Å²) < 4.78 is 16.7. The molecule has 0 spiro atoms. The summed E-state index contributed by atoms with van der Waals surface area (Å²) in [6.45, 7) is 0.691. The minimum atomic E-state index is -0.444. The lowest BCUT2D eigenvalue weighted by atomic mass is 10.1. The fraction of sp³-hybridized carbons (Fsp3) is 0.333. The highest BCUT2D eigenvalue weighted by molar-refractivity contribution is 5.99. The number of nitrogens with zero attached hydrogens (tertiary/aromatic N) is 5. The summed E-state index contributed by atoms with van der Waals surface area (Å²) in [6, 6.07) is 2.83. The highest BCUT2D eigenvalue weighted by atomic mass is 19.1. The van der Waals surface area contributed by atoms with Gasteiger partial charge in [0.25, 0.3) is 11.5 Å². The van der Waals surface area contributed by atoms with Crippen molar-refractivity contribution in [2.45, 2.75) is 18.9 Å². The number of hydrogen-bond donors (Lipinski definition) is 1. The van der Waals surface area contributed by atoms with Crippen molar-refractivity contribution in [3.05, 3.63) is 58.0 Å². The number of pyridine rings is 1. The van der Waals surface area contributed by atoms with Gasteiger partial charge in [-0.05, 0) is 25.0 Å². The smallest absolute Gasteiger partial charge is 0.256 e. The van der Waals surface area contributed by atoms with E-state index in [2.05, 4.69) is 15.4 Å². The van der Waals surface area contributed by atoms with Crippen LogP contribution < -0.4 is 15.8 Å². The van der Waals surface area contributed by atoms with Crippen LogP contribution in [0.3, 0.4) is 0 Å². The number of halogens is 1. The summed E-state index contributed by atoms with van der Waals surface area (Å²) in [4.78, 5) is 31.1. The summed E-state index contributed by atoms with van der Waals surface area (Å²) in [7, 11) is 3.09. The fourth-order valence-corrected chi connectivity index (χ4v) is 3.61. The summed E-state index contributed by atoms with van der Waals surface area (Å²) in [5, 5.41) is 6.71. The molecule has 0 bridgehead atoms. The van der Waals surface area contributed by atoms with Crippen LogP contribution in [0, 0.1) is 5.82 Å². The first kappa shape index (κ1) is 17.2. The zero-order valence-electron chi connectivity index (χ0n) is 15.0. The molecule has 0 unspecified atom stereocenters. The molecule has 3 aromatic heterocycles. The van der Waals surface area contributed by atoms with Gasteiger partial charge < -0.3 is 14.8 Å². The molecule has 140 valence electrons. The van der Waals surface area contributed by atoms with Gasteiger partial charge in [0, 0.05) is 38.6 Å². The van der Waals surface area contributed by atoms with E-state index in [9.17, 15) is 14.0 Å². The van der Waals surface area contributed by atoms with E-state index in [0.717, 1.165) is 12.8 Å². The minimum absolute atomic E-state index is 0.218. The zero-order chi connectivity index (χ0) is 19.1. The molecule has 1 amide bonds. The Morgan fingerprint density at radius 1 is 1.41 bits per heavy atom. The van der Waals surface area contributed by atoms with E-state index in [-0.39, 0.29) is 17.5 Å². The highest BCUT2D eigenvalue weighted by Crippen LogP contribution is 2.34. The lowest BCUT2D eigenvalue weighted by Gasteiger charge is -2.26. The molecule has 0 aromatic carbocycles. The van der Waals surface area contributed by atoms with E-state index in [0.29, 0.717) is 29.1 Å². The lowest BCUT2D eigenvalue weighted by Crippen LogP contribution is -2.31. The number of carbonyl (C=O) groups is 1. The van der Waals surface area contributed by atoms with E-state index in [1.807, 2.05) is 4.90 Å². The molecule has 4 rings (SSSR count). The predicted molar refractivity (Wildman–Crippen MR) is 97.3 cm³/mol. The average molecular weight is 370 g/mol. The maximum atomic E-state index is 13.9. The second kappa shape index (κ2) is 6.49. The maximum Gasteiger partial charge on any atom is 0.256 e. The van der Waals surface area contributed by atoms with Gasteiger partial charge in [-0.15, -0.1) is 0 Å². The summed E-state index contributed by atoms with van der Waals surface area (Å²) in [5.74, 6) is -0.0892. The quantitative estimate of drug-likeness (QED) is 0.751. The Morgan fingerprint density at radius 3 is 3.00 bits per heavy atom. The molecule has 0 aliphatic carbocycles. The fourth-order valence-electron chi connectivity index (χ4n) is 3.61. The molecule has 1 N–H and O–H groups in total. The molecule has 9 heteroatoms. The van der Waals surface area contributed by atoms with Crippen LogP contribution in [0.25, 0.3) is 5.65 Å². The molecule has 4 heterocycles. The molecule has 1 atom stereocenters. The Morgan fingerprint density at radius 2 is 2.22 bits per heavy atom. The van der Waals surface area contributed by atoms with Crippen molar-refractivity contribution >= 4 is 17.4 Å². The summed E-state index contributed by atoms with van der Waals surface area (Å²) >= 11 is 0. The van der Waals surface area contributed by atoms with Crippen LogP contribution in [-0.4, -0.2) is 38.7 Å². The first-order valence-corrected chi connectivity index (χ1v) is 8.69. The molecule has 0 radical (unpaired) electrons. The topological polar surface area (TPSA) is 84.5 Å². The molecular formula is C18H19FN6O2. The minimum Gasteiger partial charge on any atom is -0.355 e. The average Bonchev–Trinajstić information content (AvgIpc) is 3.30. The molecule has 0 saturated carbocycles. The van der Waals surface area contributed by atoms with Crippen molar-refractivity contribution in [3.8, 4) is 0 Å². The molecule has 8 nitrogen and oxygen atoms in total. The van der Waals surface area contributed by atoms with E-state index in [1.165, 1.54) is 27.5 Å². The van der Waals surface area contributed by atoms with Crippen LogP contribution in [0.4, 0.5) is 10.2 Å². The Labute approximate surface area is 154 Å². The number of aromatic nitrogens is 4. The third-order valence-electron chi connectivity index (χ3n) is 4.91. The number of anilines is 1. The van der Waals surface area contributed by atoms with E-state index >= 15 is 0 Å². The van der Waals surface area contributed by atoms with E-state index in [1.54, 1.807) is 26.4 Å². The SMILES string of the molecule is CNC(=O)c1cnn2ccc(N3CCC[C@@H]3c3cc(F)cn(C)c3=O)nc12. The highest BCUT2D eigenvalue weighted by Gasteiger charge is 2.30. The number of fused-ring (bicyclic) bond motifs is 1. The van der Waals surface area contributed by atoms with Gasteiger partial charge in [-0.3, -0.25) is 9.59 Å². The summed E-state index contributed by atoms with van der Waals surface area (Å²) in [6.07, 6.45) is 5.96. The van der Waals surface area contributed by atoms with Gasteiger partial charge in [0.2, 0.25) is 0 Å². The van der Waals surface area contributed by atoms with Gasteiger partial charge in [0.1, 0.15) is 17.2 Å². The number of amides is 1. The Bertz CT molecular complexity index is 1090. The lowest BCUT2D eigenvalue weighted by molar-refractivity contribution is 0.0964. The zero-order valence-corrected chi connectivity index (χ0v) is 15.0. The maximum absolute atomic E-state index is 13.9. The number of rotatable bonds is 3. The molecular weight excluding hydrogens is 351 g/mol. The van der Waals surface area contributed by atoms with Crippen LogP contribution in [0.5, 0.6) is 0 Å². The predicted octanol–water partition coefficient (Wildman–Crippen LogP) is 1.27. The molecule has 1 aliphatic rings. The molecule has 1 saturated heterocycles. The number of hydrogen-bond acceptors (Lipinski definition) is 5. The van der Waals surface area contributed by atoms with Gasteiger partial charge in [-0.1, -0.05) is 0 Å². The standard InChI is InChI=1S/C18H19FN6O2/c1-20-17(26)13-9-21-25-7-5-15(22-16(13)25)24-6-3-4-14(24)12-8-11(19)10-23(2)18(12)27/h5,7-10,14H,3-4,6H2,1-2H3,(H,20,26)/t14-/m1/s1. The number of aryl methyl sites for hydroxylation is 1. The second-order valence-corrected chi connectivity index (χ2v) is 6.57. The van der Waals surface area contributed by atoms with Crippen LogP contribution in [0.1, 0.15) is 34.8 Å². The monoisotopic (exact) mass is 370 g/mol. The van der Waals surface area contributed by atoms with E-state index < -0.39 is 5.82 Å². The first-order chi connectivity index (χ1) is 13.0. The van der Waals surface area contributed by atoms with Crippen molar-refractivity contribution < 1.29 is 9.18 Å². The van der Waals surface area contributed by atoms with Crippen molar-refractivity contribution in [2.24, 2.45) is 7.05 Å². The normalized spacial score (nSPS) is 16.9. The van der Waals surface area contributed by atoms with Crippen molar-refractivity contribution in [2.75, 3.05) is 18.5 Å². The first-order valence-electron chi connectivity index (χ1n) is 8.69. The van der Waals surface area contributed by atoms with Gasteiger partial charge >= 0.3 is 0 Å². The molecule has 1 aliphatic heterocycles. The van der Waals surface area contributed by atoms with Crippen LogP contribution in [0.15, 0.2) is 35.5 Å².